The second kappa shape index (κ2) is 31.8. The molecule has 0 aromatic heterocycles. The fourth-order valence-corrected chi connectivity index (χ4v) is 6.70. The van der Waals surface area contributed by atoms with Crippen LogP contribution < -0.4 is 0 Å². The first kappa shape index (κ1) is 52.1. The van der Waals surface area contributed by atoms with Crippen LogP contribution in [0.1, 0.15) is 142 Å². The largest absolute Gasteiger partial charge is 0.462 e. The average molecular weight is 833 g/mol. The van der Waals surface area contributed by atoms with Crippen molar-refractivity contribution in [3.63, 3.8) is 0 Å². The molecule has 2 rings (SSSR count). The Bertz CT molecular complexity index is 1120. The number of carbonyl (C=O) groups is 2. The fraction of sp³-hybridized carbons (Fsp3) is 0.860. The number of allylic oxidation sites excluding steroid dienone is 4. The van der Waals surface area contributed by atoms with Gasteiger partial charge in [0.1, 0.15) is 55.4 Å². The Morgan fingerprint density at radius 1 is 0.552 bits per heavy atom. The number of carbonyl (C=O) groups excluding carboxylic acids is 2. The predicted molar refractivity (Wildman–Crippen MR) is 215 cm³/mol. The van der Waals surface area contributed by atoms with Crippen LogP contribution in [0.3, 0.4) is 0 Å². The van der Waals surface area contributed by atoms with Gasteiger partial charge in [-0.15, -0.1) is 0 Å². The summed E-state index contributed by atoms with van der Waals surface area (Å²) in [6.45, 7) is 2.47. The van der Waals surface area contributed by atoms with E-state index in [1.807, 2.05) is 0 Å². The number of hydrogen-bond donors (Lipinski definition) is 7. The molecule has 338 valence electrons. The zero-order chi connectivity index (χ0) is 42.5. The van der Waals surface area contributed by atoms with Crippen LogP contribution in [0.25, 0.3) is 0 Å². The van der Waals surface area contributed by atoms with Crippen molar-refractivity contribution in [3.8, 4) is 0 Å². The molecule has 2 heterocycles. The molecule has 0 spiro atoms. The maximum absolute atomic E-state index is 12.9. The van der Waals surface area contributed by atoms with E-state index in [0.717, 1.165) is 64.2 Å². The molecule has 0 aromatic carbocycles. The smallest absolute Gasteiger partial charge is 0.306 e. The highest BCUT2D eigenvalue weighted by molar-refractivity contribution is 5.70. The van der Waals surface area contributed by atoms with Crippen molar-refractivity contribution in [2.75, 3.05) is 26.4 Å². The molecule has 58 heavy (non-hydrogen) atoms. The lowest BCUT2D eigenvalue weighted by molar-refractivity contribution is -0.332. The first-order valence-corrected chi connectivity index (χ1v) is 21.9. The van der Waals surface area contributed by atoms with Gasteiger partial charge in [-0.05, 0) is 38.5 Å². The Hall–Kier alpha value is -2.02. The zero-order valence-corrected chi connectivity index (χ0v) is 35.0. The number of aliphatic hydroxyl groups excluding tert-OH is 7. The monoisotopic (exact) mass is 833 g/mol. The molecular formula is C43H76O15. The highest BCUT2D eigenvalue weighted by Crippen LogP contribution is 2.26. The van der Waals surface area contributed by atoms with Gasteiger partial charge >= 0.3 is 11.9 Å². The van der Waals surface area contributed by atoms with Crippen molar-refractivity contribution < 1.29 is 73.8 Å². The second-order valence-corrected chi connectivity index (χ2v) is 15.5. The first-order chi connectivity index (χ1) is 28.0. The molecule has 0 aliphatic carbocycles. The summed E-state index contributed by atoms with van der Waals surface area (Å²) in [6, 6.07) is 0. The molecule has 15 heteroatoms. The molecule has 15 nitrogen and oxygen atoms in total. The van der Waals surface area contributed by atoms with Gasteiger partial charge in [-0.25, -0.2) is 0 Å². The fourth-order valence-electron chi connectivity index (χ4n) is 6.70. The van der Waals surface area contributed by atoms with Crippen LogP contribution in [0.5, 0.6) is 0 Å². The van der Waals surface area contributed by atoms with E-state index in [9.17, 15) is 45.3 Å². The summed E-state index contributed by atoms with van der Waals surface area (Å²) < 4.78 is 33.3. The Balaban J connectivity index is 1.87. The third-order valence-corrected chi connectivity index (χ3v) is 10.4. The van der Waals surface area contributed by atoms with Gasteiger partial charge in [-0.1, -0.05) is 115 Å². The second-order valence-electron chi connectivity index (χ2n) is 15.5. The van der Waals surface area contributed by atoms with Gasteiger partial charge < -0.3 is 64.2 Å². The van der Waals surface area contributed by atoms with E-state index < -0.39 is 92.7 Å². The van der Waals surface area contributed by atoms with Crippen molar-refractivity contribution in [2.45, 2.75) is 210 Å². The Kier molecular flexibility index (Phi) is 28.6. The van der Waals surface area contributed by atoms with Crippen LogP contribution in [0.2, 0.25) is 0 Å². The average Bonchev–Trinajstić information content (AvgIpc) is 3.21. The quantitative estimate of drug-likeness (QED) is 0.0288. The maximum atomic E-state index is 12.9. The number of hydrogen-bond acceptors (Lipinski definition) is 15. The van der Waals surface area contributed by atoms with Crippen LogP contribution in [0.15, 0.2) is 24.3 Å². The van der Waals surface area contributed by atoms with E-state index in [1.165, 1.54) is 38.5 Å². The number of aliphatic hydroxyl groups is 7. The van der Waals surface area contributed by atoms with Gasteiger partial charge in [0.25, 0.3) is 0 Å². The third-order valence-electron chi connectivity index (χ3n) is 10.4. The normalized spacial score (nSPS) is 28.3. The maximum Gasteiger partial charge on any atom is 0.306 e. The molecule has 4 unspecified atom stereocenters. The molecule has 7 N–H and O–H groups in total. The van der Waals surface area contributed by atoms with Gasteiger partial charge in [0, 0.05) is 12.8 Å². The van der Waals surface area contributed by atoms with Gasteiger partial charge in [-0.3, -0.25) is 9.59 Å². The van der Waals surface area contributed by atoms with E-state index in [2.05, 4.69) is 38.2 Å². The third kappa shape index (κ3) is 21.0. The highest BCUT2D eigenvalue weighted by atomic mass is 16.7. The van der Waals surface area contributed by atoms with Crippen LogP contribution in [0.4, 0.5) is 0 Å². The molecule has 2 fully saturated rings. The standard InChI is InChI=1S/C43H76O15/c1-3-5-7-9-11-13-14-15-16-17-18-20-22-24-26-35(46)56-31(28-53-34(45)25-23-21-19-12-10-8-6-4-2)29-54-42-41(52)39(50)37(48)33(58-42)30-55-43-40(51)38(49)36(47)32(27-44)57-43/h9,11,14-15,31-33,36-44,47-52H,3-8,10,12-13,16-30H2,1-2H3/b11-9+,15-14+/t31-,32-,33-,36+,37+,38?,39?,40?,41?,42-,43-/m1/s1. The minimum atomic E-state index is -1.76. The number of ether oxygens (including phenoxy) is 6. The van der Waals surface area contributed by atoms with Crippen molar-refractivity contribution in [3.05, 3.63) is 24.3 Å². The lowest BCUT2D eigenvalue weighted by Crippen LogP contribution is -2.61. The van der Waals surface area contributed by atoms with E-state index in [4.69, 9.17) is 28.4 Å². The van der Waals surface area contributed by atoms with Gasteiger partial charge in [-0.2, -0.15) is 0 Å². The summed E-state index contributed by atoms with van der Waals surface area (Å²) in [5.41, 5.74) is 0. The minimum absolute atomic E-state index is 0.151. The Morgan fingerprint density at radius 3 is 1.66 bits per heavy atom. The molecule has 11 atom stereocenters. The summed E-state index contributed by atoms with van der Waals surface area (Å²) >= 11 is 0. The van der Waals surface area contributed by atoms with Crippen molar-refractivity contribution >= 4 is 11.9 Å². The van der Waals surface area contributed by atoms with Crippen LogP contribution in [-0.4, -0.2) is 142 Å². The summed E-state index contributed by atoms with van der Waals surface area (Å²) in [7, 11) is 0. The lowest BCUT2D eigenvalue weighted by Gasteiger charge is -2.42. The van der Waals surface area contributed by atoms with E-state index in [-0.39, 0.29) is 26.1 Å². The summed E-state index contributed by atoms with van der Waals surface area (Å²) in [5.74, 6) is -0.947. The summed E-state index contributed by atoms with van der Waals surface area (Å²) in [6.07, 6.45) is 11.0. The Labute approximate surface area is 345 Å². The van der Waals surface area contributed by atoms with Crippen molar-refractivity contribution in [1.29, 1.82) is 0 Å². The van der Waals surface area contributed by atoms with Crippen molar-refractivity contribution in [2.24, 2.45) is 0 Å². The lowest BCUT2D eigenvalue weighted by atomic mass is 9.98. The van der Waals surface area contributed by atoms with Gasteiger partial charge in [0.05, 0.1) is 19.8 Å². The summed E-state index contributed by atoms with van der Waals surface area (Å²) in [4.78, 5) is 25.5. The van der Waals surface area contributed by atoms with E-state index in [0.29, 0.717) is 12.8 Å². The molecule has 0 amide bonds. The first-order valence-electron chi connectivity index (χ1n) is 21.9. The molecule has 2 saturated heterocycles. The molecule has 2 aliphatic rings. The topological polar surface area (TPSA) is 231 Å². The van der Waals surface area contributed by atoms with E-state index >= 15 is 0 Å². The predicted octanol–water partition coefficient (Wildman–Crippen LogP) is 4.04. The molecule has 0 bridgehead atoms. The number of esters is 2. The number of unbranched alkanes of at least 4 members (excludes halogenated alkanes) is 14. The van der Waals surface area contributed by atoms with Crippen LogP contribution in [0, 0.1) is 0 Å². The summed E-state index contributed by atoms with van der Waals surface area (Å²) in [5, 5.41) is 71.7. The molecule has 0 aromatic rings. The minimum Gasteiger partial charge on any atom is -0.462 e. The molecule has 0 radical (unpaired) electrons. The van der Waals surface area contributed by atoms with E-state index in [1.54, 1.807) is 0 Å². The molecular weight excluding hydrogens is 756 g/mol. The van der Waals surface area contributed by atoms with Crippen LogP contribution in [-0.2, 0) is 38.0 Å². The SMILES string of the molecule is CCCC/C=C/C/C=C/CCCCCCCC(=O)O[C@H](COC(=O)CCCCCCCCCC)CO[C@@H]1O[C@H](CO[C@@H]2O[C@H](CO)[C@H](O)C(O)C2O)[C@H](O)C(O)C1O. The zero-order valence-electron chi connectivity index (χ0n) is 35.0. The van der Waals surface area contributed by atoms with Crippen LogP contribution >= 0.6 is 0 Å². The molecule has 0 saturated carbocycles. The van der Waals surface area contributed by atoms with Crippen molar-refractivity contribution in [1.82, 2.24) is 0 Å². The molecule has 2 aliphatic heterocycles. The Morgan fingerprint density at radius 2 is 1.05 bits per heavy atom. The highest BCUT2D eigenvalue weighted by Gasteiger charge is 2.47. The van der Waals surface area contributed by atoms with Gasteiger partial charge in [0.2, 0.25) is 0 Å². The van der Waals surface area contributed by atoms with Gasteiger partial charge in [0.15, 0.2) is 18.7 Å². The number of rotatable bonds is 32.